The van der Waals surface area contributed by atoms with Gasteiger partial charge >= 0.3 is 0 Å². The molecule has 0 heterocycles. The van der Waals surface area contributed by atoms with E-state index in [9.17, 15) is 5.11 Å². The summed E-state index contributed by atoms with van der Waals surface area (Å²) in [5.74, 6) is 6.26. The fraction of sp³-hybridized carbons (Fsp3) is 0.517. The van der Waals surface area contributed by atoms with Crippen LogP contribution >= 0.6 is 0 Å². The molecule has 3 nitrogen and oxygen atoms in total. The molecule has 186 valence electrons. The molecule has 0 amide bonds. The minimum Gasteiger partial charge on any atom is -0.407 e. The van der Waals surface area contributed by atoms with Gasteiger partial charge in [0.05, 0.1) is 0 Å². The number of benzene rings is 2. The lowest BCUT2D eigenvalue weighted by molar-refractivity contribution is 0.0492. The van der Waals surface area contributed by atoms with E-state index in [0.29, 0.717) is 6.61 Å². The summed E-state index contributed by atoms with van der Waals surface area (Å²) in [7, 11) is -4.42. The van der Waals surface area contributed by atoms with Crippen molar-refractivity contribution in [3.63, 3.8) is 0 Å². The Hall–Kier alpha value is -1.69. The Morgan fingerprint density at radius 3 is 1.62 bits per heavy atom. The van der Waals surface area contributed by atoms with Gasteiger partial charge < -0.3 is 14.0 Å². The molecule has 0 saturated heterocycles. The monoisotopic (exact) mass is 496 g/mol. The highest BCUT2D eigenvalue weighted by atomic mass is 28.4. The first-order chi connectivity index (χ1) is 15.5. The van der Waals surface area contributed by atoms with E-state index in [1.54, 1.807) is 0 Å². The normalized spacial score (nSPS) is 14.3. The third-order valence-electron chi connectivity index (χ3n) is 5.89. The Morgan fingerprint density at radius 1 is 0.794 bits per heavy atom. The number of hydrogen-bond donors (Lipinski definition) is 1. The van der Waals surface area contributed by atoms with E-state index in [4.69, 9.17) is 8.85 Å². The average Bonchev–Trinajstić information content (AvgIpc) is 2.71. The van der Waals surface area contributed by atoms with Crippen LogP contribution in [0.5, 0.6) is 0 Å². The maximum Gasteiger partial charge on any atom is 0.261 e. The zero-order valence-corrected chi connectivity index (χ0v) is 24.8. The molecule has 2 aromatic rings. The summed E-state index contributed by atoms with van der Waals surface area (Å²) in [6.45, 7) is 21.6. The predicted octanol–water partition coefficient (Wildman–Crippen LogP) is 5.58. The molecule has 1 N–H and O–H groups in total. The lowest BCUT2D eigenvalue weighted by Crippen LogP contribution is -2.67. The summed E-state index contributed by atoms with van der Waals surface area (Å²) in [5, 5.41) is 13.4. The third kappa shape index (κ3) is 7.16. The van der Waals surface area contributed by atoms with Crippen LogP contribution in [0, 0.1) is 17.3 Å². The molecule has 2 aromatic carbocycles. The lowest BCUT2D eigenvalue weighted by atomic mass is 9.87. The van der Waals surface area contributed by atoms with Crippen molar-refractivity contribution in [2.24, 2.45) is 5.41 Å². The summed E-state index contributed by atoms with van der Waals surface area (Å²) in [6.07, 6.45) is -0.838. The van der Waals surface area contributed by atoms with Gasteiger partial charge in [-0.05, 0) is 48.9 Å². The highest BCUT2D eigenvalue weighted by molar-refractivity contribution is 6.99. The van der Waals surface area contributed by atoms with Gasteiger partial charge in [0.25, 0.3) is 8.32 Å². The van der Waals surface area contributed by atoms with Crippen LogP contribution in [0.3, 0.4) is 0 Å². The predicted molar refractivity (Wildman–Crippen MR) is 150 cm³/mol. The minimum atomic E-state index is -2.67. The Labute approximate surface area is 210 Å². The number of aliphatic hydroxyl groups is 1. The molecule has 0 spiro atoms. The minimum absolute atomic E-state index is 0.115. The molecule has 0 bridgehead atoms. The standard InChI is InChI=1S/C29H44O3Si2/c1-27(2,3)34(24-17-13-11-14-18-24,25-19-15-12-16-20-25)31-23-28(4,5)26(30)21-22-29(6,7)32-33(8,9)10/h11-20,26,30H,23H2,1-10H3/t26-/m1/s1. The third-order valence-corrected chi connectivity index (χ3v) is 12.0. The van der Waals surface area contributed by atoms with E-state index in [1.807, 2.05) is 39.8 Å². The Balaban J connectivity index is 2.41. The van der Waals surface area contributed by atoms with Crippen molar-refractivity contribution in [2.45, 2.75) is 84.9 Å². The molecule has 0 aliphatic heterocycles. The summed E-state index contributed by atoms with van der Waals surface area (Å²) in [6, 6.07) is 21.2. The van der Waals surface area contributed by atoms with Crippen molar-refractivity contribution < 1.29 is 14.0 Å². The van der Waals surface area contributed by atoms with Crippen LogP contribution in [0.1, 0.15) is 48.5 Å². The van der Waals surface area contributed by atoms with E-state index in [-0.39, 0.29) is 5.04 Å². The molecular formula is C29H44O3Si2. The first kappa shape index (κ1) is 28.6. The quantitative estimate of drug-likeness (QED) is 0.383. The van der Waals surface area contributed by atoms with Crippen LogP contribution in [0.25, 0.3) is 0 Å². The fourth-order valence-electron chi connectivity index (χ4n) is 4.36. The molecule has 0 aliphatic carbocycles. The number of aliphatic hydroxyl groups excluding tert-OH is 1. The molecule has 34 heavy (non-hydrogen) atoms. The van der Waals surface area contributed by atoms with Gasteiger partial charge in [0.1, 0.15) is 11.7 Å². The number of hydrogen-bond acceptors (Lipinski definition) is 3. The summed E-state index contributed by atoms with van der Waals surface area (Å²) < 4.78 is 13.2. The fourth-order valence-corrected chi connectivity index (χ4v) is 10.7. The first-order valence-corrected chi connectivity index (χ1v) is 17.5. The van der Waals surface area contributed by atoms with Gasteiger partial charge in [0.2, 0.25) is 0 Å². The highest BCUT2D eigenvalue weighted by Gasteiger charge is 2.51. The number of rotatable bonds is 8. The molecular weight excluding hydrogens is 452 g/mol. The molecule has 0 fully saturated rings. The molecule has 0 aromatic heterocycles. The van der Waals surface area contributed by atoms with Gasteiger partial charge in [-0.2, -0.15) is 0 Å². The van der Waals surface area contributed by atoms with Gasteiger partial charge in [0.15, 0.2) is 8.32 Å². The average molecular weight is 497 g/mol. The largest absolute Gasteiger partial charge is 0.407 e. The molecule has 2 rings (SSSR count). The smallest absolute Gasteiger partial charge is 0.261 e. The SMILES string of the molecule is CC(C)(C#C[C@@H](O)C(C)(C)CO[Si](c1ccccc1)(c1ccccc1)C(C)(C)C)O[Si](C)(C)C. The zero-order valence-electron chi connectivity index (χ0n) is 22.8. The van der Waals surface area contributed by atoms with Gasteiger partial charge in [-0.25, -0.2) is 0 Å². The topological polar surface area (TPSA) is 38.7 Å². The second-order valence-corrected chi connectivity index (χ2v) is 21.1. The summed E-state index contributed by atoms with van der Waals surface area (Å²) in [5.41, 5.74) is -1.16. The van der Waals surface area contributed by atoms with Crippen molar-refractivity contribution in [3.05, 3.63) is 60.7 Å². The van der Waals surface area contributed by atoms with Crippen molar-refractivity contribution >= 4 is 27.0 Å². The highest BCUT2D eigenvalue weighted by Crippen LogP contribution is 2.38. The van der Waals surface area contributed by atoms with Crippen LogP contribution in [-0.4, -0.2) is 40.1 Å². The summed E-state index contributed by atoms with van der Waals surface area (Å²) >= 11 is 0. The zero-order chi connectivity index (χ0) is 25.8. The Kier molecular flexibility index (Phi) is 8.83. The maximum atomic E-state index is 11.1. The van der Waals surface area contributed by atoms with Crippen molar-refractivity contribution in [1.29, 1.82) is 0 Å². The lowest BCUT2D eigenvalue weighted by Gasteiger charge is -2.45. The molecule has 1 atom stereocenters. The second-order valence-electron chi connectivity index (χ2n) is 12.3. The van der Waals surface area contributed by atoms with Crippen LogP contribution in [0.2, 0.25) is 24.7 Å². The van der Waals surface area contributed by atoms with Crippen molar-refractivity contribution in [3.8, 4) is 11.8 Å². The van der Waals surface area contributed by atoms with E-state index in [2.05, 4.69) is 101 Å². The van der Waals surface area contributed by atoms with E-state index in [0.717, 1.165) is 0 Å². The summed E-state index contributed by atoms with van der Waals surface area (Å²) in [4.78, 5) is 0. The van der Waals surface area contributed by atoms with Crippen molar-refractivity contribution in [2.75, 3.05) is 6.61 Å². The molecule has 0 radical (unpaired) electrons. The first-order valence-electron chi connectivity index (χ1n) is 12.2. The molecule has 5 heteroatoms. The van der Waals surface area contributed by atoms with Crippen LogP contribution < -0.4 is 10.4 Å². The second kappa shape index (κ2) is 10.5. The molecule has 0 unspecified atom stereocenters. The Morgan fingerprint density at radius 2 is 1.24 bits per heavy atom. The van der Waals surface area contributed by atoms with E-state index < -0.39 is 33.8 Å². The molecule has 0 aliphatic rings. The van der Waals surface area contributed by atoms with Gasteiger partial charge in [0, 0.05) is 12.0 Å². The van der Waals surface area contributed by atoms with Crippen LogP contribution in [0.15, 0.2) is 60.7 Å². The van der Waals surface area contributed by atoms with Gasteiger partial charge in [-0.15, -0.1) is 0 Å². The van der Waals surface area contributed by atoms with E-state index in [1.165, 1.54) is 10.4 Å². The molecule has 0 saturated carbocycles. The van der Waals surface area contributed by atoms with Gasteiger partial charge in [-0.1, -0.05) is 107 Å². The maximum absolute atomic E-state index is 11.1. The van der Waals surface area contributed by atoms with Crippen molar-refractivity contribution in [1.82, 2.24) is 0 Å². The van der Waals surface area contributed by atoms with Crippen LogP contribution in [-0.2, 0) is 8.85 Å². The van der Waals surface area contributed by atoms with E-state index >= 15 is 0 Å². The van der Waals surface area contributed by atoms with Gasteiger partial charge in [-0.3, -0.25) is 0 Å². The Bertz CT molecular complexity index is 936. The van der Waals surface area contributed by atoms with Crippen LogP contribution in [0.4, 0.5) is 0 Å².